The minimum atomic E-state index is -0.235. The highest BCUT2D eigenvalue weighted by molar-refractivity contribution is 6.19. The van der Waals surface area contributed by atoms with Crippen LogP contribution in [0.15, 0.2) is 49.0 Å². The average Bonchev–Trinajstić information content (AvgIpc) is 2.91. The van der Waals surface area contributed by atoms with E-state index in [-0.39, 0.29) is 17.4 Å². The highest BCUT2D eigenvalue weighted by atomic mass is 16.2. The Hall–Kier alpha value is -3.43. The first-order valence-electron chi connectivity index (χ1n) is 12.5. The molecule has 35 heavy (non-hydrogen) atoms. The van der Waals surface area contributed by atoms with Gasteiger partial charge in [-0.25, -0.2) is 0 Å². The number of hydrogen-bond acceptors (Lipinski definition) is 4. The van der Waals surface area contributed by atoms with Crippen molar-refractivity contribution < 1.29 is 9.59 Å². The molecule has 6 nitrogen and oxygen atoms in total. The summed E-state index contributed by atoms with van der Waals surface area (Å²) in [4.78, 5) is 27.8. The summed E-state index contributed by atoms with van der Waals surface area (Å²) in [5.41, 5.74) is 4.62. The van der Waals surface area contributed by atoms with Crippen molar-refractivity contribution in [3.63, 3.8) is 0 Å². The molecule has 1 fully saturated rings. The first-order chi connectivity index (χ1) is 16.9. The summed E-state index contributed by atoms with van der Waals surface area (Å²) in [7, 11) is 1.59. The predicted molar refractivity (Wildman–Crippen MR) is 138 cm³/mol. The van der Waals surface area contributed by atoms with Gasteiger partial charge in [-0.1, -0.05) is 44.0 Å². The SMILES string of the molecule is C=C(C(=O)NC1(CCN2CCc3cc(C#N)ccc3C2)CCCCC1)c1cccc(C(=O)NC)c1. The van der Waals surface area contributed by atoms with Gasteiger partial charge in [-0.05, 0) is 66.6 Å². The van der Waals surface area contributed by atoms with Crippen LogP contribution in [0.2, 0.25) is 0 Å². The minimum Gasteiger partial charge on any atom is -0.355 e. The summed E-state index contributed by atoms with van der Waals surface area (Å²) in [6, 6.07) is 15.3. The van der Waals surface area contributed by atoms with Crippen molar-refractivity contribution >= 4 is 17.4 Å². The number of carbonyl (C=O) groups is 2. The molecule has 0 aromatic heterocycles. The molecule has 0 unspecified atom stereocenters. The quantitative estimate of drug-likeness (QED) is 0.594. The molecular weight excluding hydrogens is 436 g/mol. The summed E-state index contributed by atoms with van der Waals surface area (Å²) in [5.74, 6) is -0.343. The van der Waals surface area contributed by atoms with Crippen molar-refractivity contribution in [2.24, 2.45) is 0 Å². The molecule has 0 saturated heterocycles. The number of rotatable bonds is 7. The normalized spacial score (nSPS) is 17.0. The molecule has 1 saturated carbocycles. The van der Waals surface area contributed by atoms with Crippen molar-refractivity contribution in [1.29, 1.82) is 5.26 Å². The molecule has 0 radical (unpaired) electrons. The molecule has 1 aliphatic heterocycles. The molecule has 1 heterocycles. The van der Waals surface area contributed by atoms with E-state index in [2.05, 4.69) is 34.2 Å². The van der Waals surface area contributed by atoms with Crippen LogP contribution in [0.3, 0.4) is 0 Å². The smallest absolute Gasteiger partial charge is 0.251 e. The Morgan fingerprint density at radius 2 is 1.86 bits per heavy atom. The van der Waals surface area contributed by atoms with Gasteiger partial charge in [-0.2, -0.15) is 5.26 Å². The van der Waals surface area contributed by atoms with E-state index in [1.54, 1.807) is 25.2 Å². The number of fused-ring (bicyclic) bond motifs is 1. The highest BCUT2D eigenvalue weighted by Gasteiger charge is 2.34. The molecule has 2 amide bonds. The van der Waals surface area contributed by atoms with Crippen LogP contribution in [0.1, 0.15) is 71.1 Å². The summed E-state index contributed by atoms with van der Waals surface area (Å²) in [5, 5.41) is 15.1. The van der Waals surface area contributed by atoms with Crippen molar-refractivity contribution in [1.82, 2.24) is 15.5 Å². The first kappa shape index (κ1) is 24.7. The van der Waals surface area contributed by atoms with Crippen molar-refractivity contribution in [2.75, 3.05) is 20.1 Å². The van der Waals surface area contributed by atoms with Gasteiger partial charge in [0.2, 0.25) is 0 Å². The van der Waals surface area contributed by atoms with Crippen LogP contribution >= 0.6 is 0 Å². The van der Waals surface area contributed by atoms with Gasteiger partial charge < -0.3 is 10.6 Å². The Kier molecular flexibility index (Phi) is 7.67. The van der Waals surface area contributed by atoms with Gasteiger partial charge in [0.15, 0.2) is 0 Å². The number of nitrogens with zero attached hydrogens (tertiary/aromatic N) is 2. The van der Waals surface area contributed by atoms with Gasteiger partial charge >= 0.3 is 0 Å². The van der Waals surface area contributed by atoms with Gasteiger partial charge in [-0.3, -0.25) is 14.5 Å². The zero-order valence-electron chi connectivity index (χ0n) is 20.5. The van der Waals surface area contributed by atoms with E-state index in [1.165, 1.54) is 17.5 Å². The van der Waals surface area contributed by atoms with E-state index in [0.29, 0.717) is 16.7 Å². The van der Waals surface area contributed by atoms with Crippen molar-refractivity contribution in [3.05, 3.63) is 76.9 Å². The van der Waals surface area contributed by atoms with Crippen molar-refractivity contribution in [3.8, 4) is 6.07 Å². The molecule has 1 aliphatic carbocycles. The molecule has 6 heteroatoms. The van der Waals surface area contributed by atoms with Gasteiger partial charge in [-0.15, -0.1) is 0 Å². The third kappa shape index (κ3) is 5.80. The summed E-state index contributed by atoms with van der Waals surface area (Å²) in [6.45, 7) is 6.82. The van der Waals surface area contributed by atoms with E-state index >= 15 is 0 Å². The Bertz CT molecular complexity index is 1160. The zero-order valence-corrected chi connectivity index (χ0v) is 20.5. The fourth-order valence-electron chi connectivity index (χ4n) is 5.35. The molecule has 0 atom stereocenters. The Balaban J connectivity index is 1.42. The molecule has 0 bridgehead atoms. The minimum absolute atomic E-state index is 0.158. The van der Waals surface area contributed by atoms with Gasteiger partial charge in [0.1, 0.15) is 0 Å². The molecule has 182 valence electrons. The molecule has 2 N–H and O–H groups in total. The van der Waals surface area contributed by atoms with Crippen molar-refractivity contribution in [2.45, 2.75) is 57.0 Å². The third-order valence-electron chi connectivity index (χ3n) is 7.50. The average molecular weight is 471 g/mol. The van der Waals surface area contributed by atoms with E-state index < -0.39 is 0 Å². The predicted octanol–water partition coefficient (Wildman–Crippen LogP) is 4.20. The summed E-state index contributed by atoms with van der Waals surface area (Å²) in [6.07, 6.45) is 7.21. The molecule has 2 aromatic carbocycles. The summed E-state index contributed by atoms with van der Waals surface area (Å²) >= 11 is 0. The van der Waals surface area contributed by atoms with Crippen LogP contribution in [0.4, 0.5) is 0 Å². The first-order valence-corrected chi connectivity index (χ1v) is 12.5. The van der Waals surface area contributed by atoms with Gasteiger partial charge in [0.05, 0.1) is 11.6 Å². The Labute approximate surface area is 208 Å². The van der Waals surface area contributed by atoms with E-state index in [4.69, 9.17) is 5.26 Å². The topological polar surface area (TPSA) is 85.2 Å². The molecular formula is C29H34N4O2. The van der Waals surface area contributed by atoms with Crippen LogP contribution in [0, 0.1) is 11.3 Å². The molecule has 4 rings (SSSR count). The fourth-order valence-corrected chi connectivity index (χ4v) is 5.35. The van der Waals surface area contributed by atoms with Crippen LogP contribution in [0.5, 0.6) is 0 Å². The molecule has 2 aliphatic rings. The number of nitriles is 1. The van der Waals surface area contributed by atoms with Crippen LogP contribution < -0.4 is 10.6 Å². The monoisotopic (exact) mass is 470 g/mol. The van der Waals surface area contributed by atoms with E-state index in [0.717, 1.165) is 63.7 Å². The summed E-state index contributed by atoms with van der Waals surface area (Å²) < 4.78 is 0. The lowest BCUT2D eigenvalue weighted by atomic mass is 9.78. The maximum Gasteiger partial charge on any atom is 0.251 e. The number of benzene rings is 2. The second-order valence-electron chi connectivity index (χ2n) is 9.81. The lowest BCUT2D eigenvalue weighted by Crippen LogP contribution is -2.51. The standard InChI is InChI=1S/C29H34N4O2/c1-21(23-7-6-8-25(18-23)28(35)31-2)27(34)32-29(12-4-3-5-13-29)14-16-33-15-11-24-17-22(19-30)9-10-26(24)20-33/h6-10,17-18H,1,3-5,11-16,20H2,2H3,(H,31,35)(H,32,34). The van der Waals surface area contributed by atoms with Gasteiger partial charge in [0.25, 0.3) is 11.8 Å². The Morgan fingerprint density at radius 1 is 1.09 bits per heavy atom. The second-order valence-corrected chi connectivity index (χ2v) is 9.81. The lowest BCUT2D eigenvalue weighted by Gasteiger charge is -2.40. The number of nitrogens with one attached hydrogen (secondary N) is 2. The number of hydrogen-bond donors (Lipinski definition) is 2. The highest BCUT2D eigenvalue weighted by Crippen LogP contribution is 2.33. The maximum atomic E-state index is 13.3. The van der Waals surface area contributed by atoms with E-state index in [1.807, 2.05) is 18.2 Å². The Morgan fingerprint density at radius 3 is 2.60 bits per heavy atom. The van der Waals surface area contributed by atoms with Crippen LogP contribution in [-0.4, -0.2) is 42.4 Å². The maximum absolute atomic E-state index is 13.3. The second kappa shape index (κ2) is 10.9. The largest absolute Gasteiger partial charge is 0.355 e. The van der Waals surface area contributed by atoms with E-state index in [9.17, 15) is 9.59 Å². The van der Waals surface area contributed by atoms with Crippen LogP contribution in [0.25, 0.3) is 5.57 Å². The molecule has 0 spiro atoms. The van der Waals surface area contributed by atoms with Gasteiger partial charge in [0, 0.05) is 43.4 Å². The fraction of sp³-hybridized carbons (Fsp3) is 0.414. The lowest BCUT2D eigenvalue weighted by molar-refractivity contribution is -0.118. The number of amides is 2. The number of carbonyl (C=O) groups excluding carboxylic acids is 2. The van der Waals surface area contributed by atoms with Crippen LogP contribution in [-0.2, 0) is 17.8 Å². The third-order valence-corrected chi connectivity index (χ3v) is 7.50. The molecule has 2 aromatic rings. The zero-order chi connectivity index (χ0) is 24.8.